The van der Waals surface area contributed by atoms with Crippen LogP contribution in [0.3, 0.4) is 0 Å². The number of methoxy groups -OCH3 is 1. The lowest BCUT2D eigenvalue weighted by Crippen LogP contribution is -2.50. The highest BCUT2D eigenvalue weighted by Crippen LogP contribution is 2.30. The standard InChI is InChI=1S/C28H32N2O6/c1-18(25(31)30-23(26(32)34-5)17-29-27(33)36-28(2,3)4)19-13-15-21(16-14-19)35-24-12-8-10-20-9-6-7-11-22(20)24/h6-16,18,23H,17H2,1-5H3,(H,29,33)(H,30,31). The van der Waals surface area contributed by atoms with Crippen molar-refractivity contribution in [1.29, 1.82) is 0 Å². The fourth-order valence-corrected chi connectivity index (χ4v) is 3.52. The average molecular weight is 493 g/mol. The van der Waals surface area contributed by atoms with E-state index in [4.69, 9.17) is 14.2 Å². The number of esters is 1. The highest BCUT2D eigenvalue weighted by Gasteiger charge is 2.26. The number of alkyl carbamates (subject to hydrolysis) is 1. The Hall–Kier alpha value is -4.07. The normalized spacial score (nSPS) is 12.8. The molecule has 8 nitrogen and oxygen atoms in total. The van der Waals surface area contributed by atoms with E-state index in [1.54, 1.807) is 52.0 Å². The van der Waals surface area contributed by atoms with Gasteiger partial charge >= 0.3 is 12.1 Å². The number of hydrogen-bond acceptors (Lipinski definition) is 6. The SMILES string of the molecule is COC(=O)C(CNC(=O)OC(C)(C)C)NC(=O)C(C)c1ccc(Oc2cccc3ccccc23)cc1. The summed E-state index contributed by atoms with van der Waals surface area (Å²) in [5, 5.41) is 7.22. The Balaban J connectivity index is 1.63. The fraction of sp³-hybridized carbons (Fsp3) is 0.321. The Labute approximate surface area is 210 Å². The minimum atomic E-state index is -1.06. The van der Waals surface area contributed by atoms with Gasteiger partial charge in [0.15, 0.2) is 0 Å². The molecule has 0 aliphatic rings. The van der Waals surface area contributed by atoms with Crippen molar-refractivity contribution in [2.75, 3.05) is 13.7 Å². The van der Waals surface area contributed by atoms with E-state index in [1.807, 2.05) is 42.5 Å². The molecule has 0 heterocycles. The summed E-state index contributed by atoms with van der Waals surface area (Å²) in [6.07, 6.45) is -0.694. The van der Waals surface area contributed by atoms with Gasteiger partial charge in [0.25, 0.3) is 0 Å². The smallest absolute Gasteiger partial charge is 0.407 e. The second-order valence-electron chi connectivity index (χ2n) is 9.34. The van der Waals surface area contributed by atoms with Crippen molar-refractivity contribution in [1.82, 2.24) is 10.6 Å². The average Bonchev–Trinajstić information content (AvgIpc) is 2.85. The number of ether oxygens (including phenoxy) is 3. The van der Waals surface area contributed by atoms with Crippen LogP contribution in [0.5, 0.6) is 11.5 Å². The van der Waals surface area contributed by atoms with E-state index in [0.29, 0.717) is 5.75 Å². The van der Waals surface area contributed by atoms with E-state index in [9.17, 15) is 14.4 Å². The Morgan fingerprint density at radius 1 is 0.917 bits per heavy atom. The van der Waals surface area contributed by atoms with Crippen LogP contribution in [0, 0.1) is 0 Å². The molecule has 0 bridgehead atoms. The number of fused-ring (bicyclic) bond motifs is 1. The molecule has 0 saturated heterocycles. The predicted octanol–water partition coefficient (Wildman–Crippen LogP) is 4.92. The lowest BCUT2D eigenvalue weighted by Gasteiger charge is -2.22. The van der Waals surface area contributed by atoms with Gasteiger partial charge in [-0.1, -0.05) is 48.5 Å². The van der Waals surface area contributed by atoms with Gasteiger partial charge in [-0.3, -0.25) is 4.79 Å². The number of benzene rings is 3. The van der Waals surface area contributed by atoms with Crippen molar-refractivity contribution in [2.45, 2.75) is 45.3 Å². The Morgan fingerprint density at radius 3 is 2.25 bits per heavy atom. The van der Waals surface area contributed by atoms with Crippen LogP contribution in [0.15, 0.2) is 66.7 Å². The van der Waals surface area contributed by atoms with E-state index in [0.717, 1.165) is 22.1 Å². The molecular weight excluding hydrogens is 460 g/mol. The second-order valence-corrected chi connectivity index (χ2v) is 9.34. The summed E-state index contributed by atoms with van der Waals surface area (Å²) in [5.41, 5.74) is 0.0491. The third kappa shape index (κ3) is 7.21. The quantitative estimate of drug-likeness (QED) is 0.433. The molecule has 2 amide bonds. The Kier molecular flexibility index (Phi) is 8.53. The maximum absolute atomic E-state index is 12.9. The van der Waals surface area contributed by atoms with Crippen molar-refractivity contribution in [3.8, 4) is 11.5 Å². The minimum Gasteiger partial charge on any atom is -0.467 e. The third-order valence-corrected chi connectivity index (χ3v) is 5.40. The van der Waals surface area contributed by atoms with Crippen molar-refractivity contribution < 1.29 is 28.6 Å². The highest BCUT2D eigenvalue weighted by atomic mass is 16.6. The molecule has 3 aromatic rings. The van der Waals surface area contributed by atoms with Crippen LogP contribution < -0.4 is 15.4 Å². The van der Waals surface area contributed by atoms with Gasteiger partial charge < -0.3 is 24.8 Å². The maximum Gasteiger partial charge on any atom is 0.407 e. The topological polar surface area (TPSA) is 103 Å². The van der Waals surface area contributed by atoms with Gasteiger partial charge in [-0.05, 0) is 56.8 Å². The highest BCUT2D eigenvalue weighted by molar-refractivity contribution is 5.89. The van der Waals surface area contributed by atoms with Gasteiger partial charge in [0, 0.05) is 5.39 Å². The monoisotopic (exact) mass is 492 g/mol. The van der Waals surface area contributed by atoms with Crippen LogP contribution in [-0.4, -0.2) is 43.3 Å². The van der Waals surface area contributed by atoms with Gasteiger partial charge in [-0.2, -0.15) is 0 Å². The zero-order chi connectivity index (χ0) is 26.3. The molecule has 0 saturated carbocycles. The molecule has 0 aliphatic carbocycles. The van der Waals surface area contributed by atoms with Gasteiger partial charge in [0.05, 0.1) is 19.6 Å². The molecule has 0 radical (unpaired) electrons. The van der Waals surface area contributed by atoms with Crippen LogP contribution in [0.4, 0.5) is 4.79 Å². The van der Waals surface area contributed by atoms with E-state index in [-0.39, 0.29) is 12.5 Å². The molecule has 3 rings (SSSR count). The molecule has 0 spiro atoms. The predicted molar refractivity (Wildman–Crippen MR) is 137 cm³/mol. The van der Waals surface area contributed by atoms with Gasteiger partial charge in [-0.25, -0.2) is 9.59 Å². The van der Waals surface area contributed by atoms with Crippen LogP contribution in [0.2, 0.25) is 0 Å². The largest absolute Gasteiger partial charge is 0.467 e. The van der Waals surface area contributed by atoms with Crippen LogP contribution in [0.1, 0.15) is 39.2 Å². The van der Waals surface area contributed by atoms with Gasteiger partial charge in [-0.15, -0.1) is 0 Å². The molecule has 3 aromatic carbocycles. The summed E-state index contributed by atoms with van der Waals surface area (Å²) >= 11 is 0. The van der Waals surface area contributed by atoms with Crippen molar-refractivity contribution in [3.05, 3.63) is 72.3 Å². The van der Waals surface area contributed by atoms with Crippen LogP contribution >= 0.6 is 0 Å². The summed E-state index contributed by atoms with van der Waals surface area (Å²) in [6.45, 7) is 6.74. The van der Waals surface area contributed by atoms with Crippen LogP contribution in [0.25, 0.3) is 10.8 Å². The lowest BCUT2D eigenvalue weighted by molar-refractivity contribution is -0.145. The maximum atomic E-state index is 12.9. The number of hydrogen-bond donors (Lipinski definition) is 2. The van der Waals surface area contributed by atoms with Crippen molar-refractivity contribution >= 4 is 28.7 Å². The molecule has 2 N–H and O–H groups in total. The molecule has 2 unspecified atom stereocenters. The molecule has 0 aromatic heterocycles. The Morgan fingerprint density at radius 2 is 1.58 bits per heavy atom. The summed E-state index contributed by atoms with van der Waals surface area (Å²) in [5.74, 6) is -0.253. The minimum absolute atomic E-state index is 0.169. The molecule has 8 heteroatoms. The molecule has 190 valence electrons. The number of rotatable bonds is 8. The second kappa shape index (κ2) is 11.6. The molecular formula is C28H32N2O6. The summed E-state index contributed by atoms with van der Waals surface area (Å²) in [4.78, 5) is 37.0. The summed E-state index contributed by atoms with van der Waals surface area (Å²) in [7, 11) is 1.22. The first kappa shape index (κ1) is 26.5. The fourth-order valence-electron chi connectivity index (χ4n) is 3.52. The number of carbonyl (C=O) groups is 3. The van der Waals surface area contributed by atoms with E-state index >= 15 is 0 Å². The zero-order valence-corrected chi connectivity index (χ0v) is 21.2. The molecule has 2 atom stereocenters. The number of carbonyl (C=O) groups excluding carboxylic acids is 3. The van der Waals surface area contributed by atoms with Crippen molar-refractivity contribution in [3.63, 3.8) is 0 Å². The van der Waals surface area contributed by atoms with E-state index in [1.165, 1.54) is 7.11 Å². The first-order chi connectivity index (χ1) is 17.1. The summed E-state index contributed by atoms with van der Waals surface area (Å²) in [6, 6.07) is 20.0. The Bertz CT molecular complexity index is 1210. The van der Waals surface area contributed by atoms with Gasteiger partial charge in [0.2, 0.25) is 5.91 Å². The first-order valence-electron chi connectivity index (χ1n) is 11.7. The third-order valence-electron chi connectivity index (χ3n) is 5.40. The molecule has 0 aliphatic heterocycles. The first-order valence-corrected chi connectivity index (χ1v) is 11.7. The van der Waals surface area contributed by atoms with E-state index in [2.05, 4.69) is 10.6 Å². The van der Waals surface area contributed by atoms with Crippen LogP contribution in [-0.2, 0) is 19.1 Å². The lowest BCUT2D eigenvalue weighted by atomic mass is 10.00. The van der Waals surface area contributed by atoms with E-state index < -0.39 is 29.6 Å². The molecule has 36 heavy (non-hydrogen) atoms. The number of amides is 2. The van der Waals surface area contributed by atoms with Gasteiger partial charge in [0.1, 0.15) is 23.1 Å². The summed E-state index contributed by atoms with van der Waals surface area (Å²) < 4.78 is 16.0. The van der Waals surface area contributed by atoms with Crippen molar-refractivity contribution in [2.24, 2.45) is 0 Å². The zero-order valence-electron chi connectivity index (χ0n) is 21.2. The number of nitrogens with one attached hydrogen (secondary N) is 2. The molecule has 0 fully saturated rings.